The second-order valence-electron chi connectivity index (χ2n) is 6.75. The molecule has 29 heavy (non-hydrogen) atoms. The van der Waals surface area contributed by atoms with E-state index in [0.29, 0.717) is 24.4 Å². The minimum Gasteiger partial charge on any atom is -0.383 e. The summed E-state index contributed by atoms with van der Waals surface area (Å²) in [6.45, 7) is 3.81. The standard InChI is InChI=1S/C19H32N4O3S2.HI/c1-4-20-19(23-16-8-9-17(13-16)27-3)21-14-15-6-5-7-18(12-15)28(24,25)22-10-11-26-2;/h5-7,12,16-17,22H,4,8-11,13-14H2,1-3H3,(H2,20,21,23);1H. The fourth-order valence-electron chi connectivity index (χ4n) is 3.14. The number of hydrogen-bond acceptors (Lipinski definition) is 5. The molecule has 1 aromatic rings. The number of rotatable bonds is 10. The molecule has 10 heteroatoms. The molecule has 2 rings (SSSR count). The number of nitrogens with one attached hydrogen (secondary N) is 3. The zero-order chi connectivity index (χ0) is 20.4. The average molecular weight is 557 g/mol. The van der Waals surface area contributed by atoms with Gasteiger partial charge >= 0.3 is 0 Å². The number of nitrogens with zero attached hydrogens (tertiary/aromatic N) is 1. The monoisotopic (exact) mass is 556 g/mol. The van der Waals surface area contributed by atoms with Crippen molar-refractivity contribution in [2.75, 3.05) is 33.1 Å². The van der Waals surface area contributed by atoms with Gasteiger partial charge in [0.2, 0.25) is 10.0 Å². The van der Waals surface area contributed by atoms with Crippen molar-refractivity contribution >= 4 is 51.7 Å². The molecule has 3 N–H and O–H groups in total. The van der Waals surface area contributed by atoms with Gasteiger partial charge < -0.3 is 15.4 Å². The van der Waals surface area contributed by atoms with Gasteiger partial charge in [-0.25, -0.2) is 18.1 Å². The van der Waals surface area contributed by atoms with Gasteiger partial charge in [-0.1, -0.05) is 12.1 Å². The molecule has 0 heterocycles. The third-order valence-electron chi connectivity index (χ3n) is 4.63. The number of guanidine groups is 1. The van der Waals surface area contributed by atoms with Crippen LogP contribution in [0.3, 0.4) is 0 Å². The minimum atomic E-state index is -3.54. The Morgan fingerprint density at radius 2 is 2.14 bits per heavy atom. The largest absolute Gasteiger partial charge is 0.383 e. The predicted molar refractivity (Wildman–Crippen MR) is 132 cm³/mol. The summed E-state index contributed by atoms with van der Waals surface area (Å²) in [7, 11) is -2.01. The maximum absolute atomic E-state index is 12.4. The van der Waals surface area contributed by atoms with Gasteiger partial charge in [-0.2, -0.15) is 11.8 Å². The van der Waals surface area contributed by atoms with Crippen LogP contribution in [0.1, 0.15) is 31.7 Å². The van der Waals surface area contributed by atoms with Gasteiger partial charge in [0.15, 0.2) is 5.96 Å². The first-order valence-corrected chi connectivity index (χ1v) is 12.4. The summed E-state index contributed by atoms with van der Waals surface area (Å²) in [6.07, 6.45) is 5.69. The quantitative estimate of drug-likeness (QED) is 0.178. The second-order valence-corrected chi connectivity index (χ2v) is 9.65. The Bertz CT molecular complexity index is 747. The van der Waals surface area contributed by atoms with Crippen molar-refractivity contribution in [3.63, 3.8) is 0 Å². The first-order chi connectivity index (χ1) is 13.5. The number of halogens is 1. The van der Waals surface area contributed by atoms with Crippen LogP contribution in [-0.2, 0) is 21.3 Å². The fourth-order valence-corrected chi connectivity index (χ4v) is 5.02. The highest BCUT2D eigenvalue weighted by Crippen LogP contribution is 2.28. The third-order valence-corrected chi connectivity index (χ3v) is 7.18. The molecule has 7 nitrogen and oxygen atoms in total. The summed E-state index contributed by atoms with van der Waals surface area (Å²) in [5.74, 6) is 0.778. The Hall–Kier alpha value is -0.560. The van der Waals surface area contributed by atoms with Crippen molar-refractivity contribution in [1.29, 1.82) is 0 Å². The molecule has 0 saturated heterocycles. The second kappa shape index (κ2) is 13.7. The highest BCUT2D eigenvalue weighted by atomic mass is 127. The Labute approximate surface area is 196 Å². The summed E-state index contributed by atoms with van der Waals surface area (Å²) >= 11 is 1.93. The highest BCUT2D eigenvalue weighted by molar-refractivity contribution is 14.0. The van der Waals surface area contributed by atoms with E-state index in [1.807, 2.05) is 24.8 Å². The molecule has 2 unspecified atom stereocenters. The molecule has 0 radical (unpaired) electrons. The summed E-state index contributed by atoms with van der Waals surface area (Å²) < 4.78 is 32.1. The number of benzene rings is 1. The van der Waals surface area contributed by atoms with Crippen molar-refractivity contribution in [1.82, 2.24) is 15.4 Å². The Morgan fingerprint density at radius 3 is 2.79 bits per heavy atom. The zero-order valence-electron chi connectivity index (χ0n) is 17.3. The van der Waals surface area contributed by atoms with Gasteiger partial charge in [0.25, 0.3) is 0 Å². The molecular formula is C19H33IN4O3S2. The van der Waals surface area contributed by atoms with Gasteiger partial charge in [0.1, 0.15) is 0 Å². The Morgan fingerprint density at radius 1 is 1.34 bits per heavy atom. The lowest BCUT2D eigenvalue weighted by molar-refractivity contribution is 0.204. The van der Waals surface area contributed by atoms with E-state index in [1.54, 1.807) is 18.2 Å². The van der Waals surface area contributed by atoms with Gasteiger partial charge in [-0.05, 0) is 50.1 Å². The van der Waals surface area contributed by atoms with Gasteiger partial charge in [0, 0.05) is 31.5 Å². The number of aliphatic imine (C=N–C) groups is 1. The third kappa shape index (κ3) is 8.99. The van der Waals surface area contributed by atoms with Crippen molar-refractivity contribution in [3.05, 3.63) is 29.8 Å². The van der Waals surface area contributed by atoms with E-state index >= 15 is 0 Å². The average Bonchev–Trinajstić information content (AvgIpc) is 3.14. The summed E-state index contributed by atoms with van der Waals surface area (Å²) in [4.78, 5) is 4.89. The molecule has 1 saturated carbocycles. The molecule has 0 amide bonds. The fraction of sp³-hybridized carbons (Fsp3) is 0.632. The topological polar surface area (TPSA) is 91.8 Å². The van der Waals surface area contributed by atoms with Crippen LogP contribution in [0.25, 0.3) is 0 Å². The van der Waals surface area contributed by atoms with E-state index in [1.165, 1.54) is 13.5 Å². The van der Waals surface area contributed by atoms with Crippen LogP contribution in [0, 0.1) is 0 Å². The van der Waals surface area contributed by atoms with E-state index in [0.717, 1.165) is 30.9 Å². The van der Waals surface area contributed by atoms with Crippen LogP contribution < -0.4 is 15.4 Å². The number of thioether (sulfide) groups is 1. The van der Waals surface area contributed by atoms with E-state index in [2.05, 4.69) is 26.6 Å². The number of methoxy groups -OCH3 is 1. The molecule has 0 bridgehead atoms. The Balaban J connectivity index is 0.00000420. The van der Waals surface area contributed by atoms with E-state index < -0.39 is 10.0 Å². The molecule has 1 aromatic carbocycles. The number of ether oxygens (including phenoxy) is 1. The van der Waals surface area contributed by atoms with Crippen LogP contribution >= 0.6 is 35.7 Å². The summed E-state index contributed by atoms with van der Waals surface area (Å²) in [5, 5.41) is 7.51. The molecule has 1 fully saturated rings. The first-order valence-electron chi connectivity index (χ1n) is 9.63. The summed E-state index contributed by atoms with van der Waals surface area (Å²) in [6, 6.07) is 7.33. The van der Waals surface area contributed by atoms with Crippen LogP contribution in [0.2, 0.25) is 0 Å². The van der Waals surface area contributed by atoms with Crippen LogP contribution in [0.5, 0.6) is 0 Å². The molecule has 0 aromatic heterocycles. The zero-order valence-corrected chi connectivity index (χ0v) is 21.3. The van der Waals surface area contributed by atoms with Crippen molar-refractivity contribution in [2.45, 2.75) is 48.9 Å². The molecular weight excluding hydrogens is 523 g/mol. The molecule has 1 aliphatic carbocycles. The van der Waals surface area contributed by atoms with E-state index in [9.17, 15) is 8.42 Å². The van der Waals surface area contributed by atoms with Gasteiger partial charge in [-0.3, -0.25) is 0 Å². The summed E-state index contributed by atoms with van der Waals surface area (Å²) in [5.41, 5.74) is 0.847. The van der Waals surface area contributed by atoms with Crippen molar-refractivity contribution in [3.8, 4) is 0 Å². The van der Waals surface area contributed by atoms with Crippen LogP contribution in [0.4, 0.5) is 0 Å². The minimum absolute atomic E-state index is 0. The SMILES string of the molecule is CCNC(=NCc1cccc(S(=O)(=O)NCCOC)c1)NC1CCC(SC)C1.I. The maximum atomic E-state index is 12.4. The molecule has 1 aliphatic rings. The van der Waals surface area contributed by atoms with Crippen molar-refractivity contribution in [2.24, 2.45) is 4.99 Å². The van der Waals surface area contributed by atoms with Gasteiger partial charge in [-0.15, -0.1) is 24.0 Å². The molecule has 166 valence electrons. The normalized spacial score (nSPS) is 19.6. The lowest BCUT2D eigenvalue weighted by Gasteiger charge is -2.17. The Kier molecular flexibility index (Phi) is 12.5. The predicted octanol–water partition coefficient (Wildman–Crippen LogP) is 2.57. The van der Waals surface area contributed by atoms with Crippen LogP contribution in [-0.4, -0.2) is 58.7 Å². The van der Waals surface area contributed by atoms with Crippen LogP contribution in [0.15, 0.2) is 34.2 Å². The molecule has 0 spiro atoms. The molecule has 2 atom stereocenters. The van der Waals surface area contributed by atoms with E-state index in [-0.39, 0.29) is 35.4 Å². The molecule has 0 aliphatic heterocycles. The smallest absolute Gasteiger partial charge is 0.240 e. The van der Waals surface area contributed by atoms with Crippen molar-refractivity contribution < 1.29 is 13.2 Å². The lowest BCUT2D eigenvalue weighted by Crippen LogP contribution is -2.42. The maximum Gasteiger partial charge on any atom is 0.240 e. The number of hydrogen-bond donors (Lipinski definition) is 3. The lowest BCUT2D eigenvalue weighted by atomic mass is 10.2. The van der Waals surface area contributed by atoms with E-state index in [4.69, 9.17) is 4.74 Å². The number of sulfonamides is 1. The van der Waals surface area contributed by atoms with Gasteiger partial charge in [0.05, 0.1) is 18.0 Å². The first kappa shape index (κ1) is 26.5. The highest BCUT2D eigenvalue weighted by Gasteiger charge is 2.24.